The Balaban J connectivity index is 1.56. The molecule has 1 heterocycles. The van der Waals surface area contributed by atoms with Crippen LogP contribution in [-0.2, 0) is 19.4 Å². The average molecular weight is 336 g/mol. The summed E-state index contributed by atoms with van der Waals surface area (Å²) in [4.78, 5) is 12.8. The van der Waals surface area contributed by atoms with Crippen LogP contribution >= 0.6 is 11.8 Å². The molecule has 0 saturated carbocycles. The minimum absolute atomic E-state index is 0.0423. The van der Waals surface area contributed by atoms with Gasteiger partial charge < -0.3 is 4.74 Å². The molecule has 1 aliphatic heterocycles. The van der Waals surface area contributed by atoms with E-state index >= 15 is 0 Å². The Labute approximate surface area is 133 Å². The molecule has 4 nitrogen and oxygen atoms in total. The van der Waals surface area contributed by atoms with Crippen molar-refractivity contribution in [2.75, 3.05) is 17.3 Å². The summed E-state index contributed by atoms with van der Waals surface area (Å²) in [5.41, 5.74) is 0. The van der Waals surface area contributed by atoms with Gasteiger partial charge in [-0.1, -0.05) is 30.3 Å². The number of carbonyl (C=O) groups is 1. The first-order valence-electron chi connectivity index (χ1n) is 7.03. The first kappa shape index (κ1) is 15.4. The third-order valence-electron chi connectivity index (χ3n) is 3.57. The summed E-state index contributed by atoms with van der Waals surface area (Å²) in [6.07, 6.45) is -0.0657. The summed E-state index contributed by atoms with van der Waals surface area (Å²) in [5.74, 6) is -0.0999. The van der Waals surface area contributed by atoms with Crippen LogP contribution in [0.2, 0.25) is 0 Å². The highest BCUT2D eigenvalue weighted by atomic mass is 32.2. The van der Waals surface area contributed by atoms with E-state index in [4.69, 9.17) is 4.74 Å². The quantitative estimate of drug-likeness (QED) is 0.634. The number of carbonyl (C=O) groups excluding carboxylic acids is 1. The van der Waals surface area contributed by atoms with Crippen LogP contribution < -0.4 is 0 Å². The topological polar surface area (TPSA) is 60.4 Å². The minimum Gasteiger partial charge on any atom is -0.461 e. The van der Waals surface area contributed by atoms with Crippen LogP contribution in [0.3, 0.4) is 0 Å². The van der Waals surface area contributed by atoms with Gasteiger partial charge in [0.15, 0.2) is 9.84 Å². The van der Waals surface area contributed by atoms with E-state index in [2.05, 4.69) is 0 Å². The lowest BCUT2D eigenvalue weighted by Crippen LogP contribution is -2.20. The van der Waals surface area contributed by atoms with Crippen molar-refractivity contribution in [3.8, 4) is 0 Å². The van der Waals surface area contributed by atoms with Gasteiger partial charge in [-0.05, 0) is 29.3 Å². The summed E-state index contributed by atoms with van der Waals surface area (Å²) in [6, 6.07) is 14.1. The van der Waals surface area contributed by atoms with Crippen LogP contribution in [-0.4, -0.2) is 37.7 Å². The van der Waals surface area contributed by atoms with Crippen LogP contribution in [0.1, 0.15) is 6.42 Å². The van der Waals surface area contributed by atoms with Crippen molar-refractivity contribution < 1.29 is 17.9 Å². The van der Waals surface area contributed by atoms with Gasteiger partial charge >= 0.3 is 5.97 Å². The Morgan fingerprint density at radius 3 is 2.68 bits per heavy atom. The zero-order valence-electron chi connectivity index (χ0n) is 11.9. The Hall–Kier alpha value is -1.53. The number of thioether (sulfide) groups is 1. The number of hydrogen-bond acceptors (Lipinski definition) is 5. The number of ether oxygens (including phenoxy) is 1. The van der Waals surface area contributed by atoms with E-state index in [-0.39, 0.29) is 23.2 Å². The van der Waals surface area contributed by atoms with Crippen molar-refractivity contribution in [1.82, 2.24) is 0 Å². The third-order valence-corrected chi connectivity index (χ3v) is 6.27. The van der Waals surface area contributed by atoms with Crippen molar-refractivity contribution in [2.45, 2.75) is 17.4 Å². The molecule has 22 heavy (non-hydrogen) atoms. The molecule has 2 aromatic rings. The van der Waals surface area contributed by atoms with Crippen LogP contribution in [0.25, 0.3) is 10.8 Å². The largest absolute Gasteiger partial charge is 0.461 e. The lowest BCUT2D eigenvalue weighted by molar-refractivity contribution is -0.144. The molecule has 0 amide bonds. The lowest BCUT2D eigenvalue weighted by atomic mass is 10.1. The van der Waals surface area contributed by atoms with Crippen molar-refractivity contribution >= 4 is 38.3 Å². The number of hydrogen-bond donors (Lipinski definition) is 0. The van der Waals surface area contributed by atoms with Gasteiger partial charge in [-0.15, -0.1) is 11.8 Å². The second-order valence-electron chi connectivity index (χ2n) is 5.31. The summed E-state index contributed by atoms with van der Waals surface area (Å²) in [5, 5.41) is 2.29. The maximum absolute atomic E-state index is 11.8. The van der Waals surface area contributed by atoms with Crippen LogP contribution in [0.15, 0.2) is 47.4 Å². The van der Waals surface area contributed by atoms with Gasteiger partial charge in [-0.2, -0.15) is 0 Å². The zero-order chi connectivity index (χ0) is 15.6. The smallest absolute Gasteiger partial charge is 0.316 e. The van der Waals surface area contributed by atoms with E-state index in [1.165, 1.54) is 11.8 Å². The predicted octanol–water partition coefficient (Wildman–Crippen LogP) is 2.66. The number of esters is 1. The van der Waals surface area contributed by atoms with E-state index in [0.29, 0.717) is 6.42 Å². The van der Waals surface area contributed by atoms with Crippen LogP contribution in [0, 0.1) is 0 Å². The highest BCUT2D eigenvalue weighted by Gasteiger charge is 2.30. The molecule has 1 atom stereocenters. The lowest BCUT2D eigenvalue weighted by Gasteiger charge is -2.10. The zero-order valence-corrected chi connectivity index (χ0v) is 13.5. The molecule has 1 fully saturated rings. The molecule has 2 aromatic carbocycles. The molecule has 0 unspecified atom stereocenters. The number of fused-ring (bicyclic) bond motifs is 1. The van der Waals surface area contributed by atoms with Crippen molar-refractivity contribution in [3.63, 3.8) is 0 Å². The number of rotatable bonds is 4. The molecule has 0 aromatic heterocycles. The standard InChI is InChI=1S/C16H16O4S2/c17-16(20-14-7-8-22(18,19)11-14)10-21-15-6-5-12-3-1-2-4-13(12)9-15/h1-6,9,14H,7-8,10-11H2/t14-/m1/s1. The molecule has 0 bridgehead atoms. The van der Waals surface area contributed by atoms with Gasteiger partial charge in [-0.25, -0.2) is 8.42 Å². The maximum atomic E-state index is 11.8. The van der Waals surface area contributed by atoms with Crippen LogP contribution in [0.4, 0.5) is 0 Å². The number of sulfone groups is 1. The third kappa shape index (κ3) is 3.81. The summed E-state index contributed by atoms with van der Waals surface area (Å²) in [7, 11) is -3.02. The molecule has 1 aliphatic rings. The van der Waals surface area contributed by atoms with E-state index in [9.17, 15) is 13.2 Å². The molecule has 1 saturated heterocycles. The fourth-order valence-electron chi connectivity index (χ4n) is 2.47. The van der Waals surface area contributed by atoms with Crippen molar-refractivity contribution in [3.05, 3.63) is 42.5 Å². The fraction of sp³-hybridized carbons (Fsp3) is 0.312. The highest BCUT2D eigenvalue weighted by molar-refractivity contribution is 8.00. The van der Waals surface area contributed by atoms with Gasteiger partial charge in [0, 0.05) is 4.90 Å². The van der Waals surface area contributed by atoms with Gasteiger partial charge in [-0.3, -0.25) is 4.79 Å². The molecule has 116 valence electrons. The monoisotopic (exact) mass is 336 g/mol. The van der Waals surface area contributed by atoms with Gasteiger partial charge in [0.1, 0.15) is 6.10 Å². The molecule has 3 rings (SSSR count). The Morgan fingerprint density at radius 1 is 1.18 bits per heavy atom. The average Bonchev–Trinajstić information content (AvgIpc) is 2.84. The Kier molecular flexibility index (Phi) is 4.40. The number of benzene rings is 2. The molecule has 6 heteroatoms. The van der Waals surface area contributed by atoms with Crippen molar-refractivity contribution in [1.29, 1.82) is 0 Å². The van der Waals surface area contributed by atoms with Gasteiger partial charge in [0.05, 0.1) is 17.3 Å². The first-order chi connectivity index (χ1) is 10.5. The Bertz CT molecular complexity index is 799. The van der Waals surface area contributed by atoms with E-state index in [1.54, 1.807) is 0 Å². The van der Waals surface area contributed by atoms with Gasteiger partial charge in [0.25, 0.3) is 0 Å². The van der Waals surface area contributed by atoms with E-state index in [0.717, 1.165) is 15.7 Å². The fourth-order valence-corrected chi connectivity index (χ4v) is 4.79. The summed E-state index contributed by atoms with van der Waals surface area (Å²) >= 11 is 1.40. The highest BCUT2D eigenvalue weighted by Crippen LogP contribution is 2.24. The van der Waals surface area contributed by atoms with Crippen molar-refractivity contribution in [2.24, 2.45) is 0 Å². The van der Waals surface area contributed by atoms with E-state index < -0.39 is 15.9 Å². The molecule has 0 spiro atoms. The van der Waals surface area contributed by atoms with Gasteiger partial charge in [0.2, 0.25) is 0 Å². The molecular formula is C16H16O4S2. The molecule has 0 radical (unpaired) electrons. The SMILES string of the molecule is O=C(CSc1ccc2ccccc2c1)O[C@@H]1CCS(=O)(=O)C1. The Morgan fingerprint density at radius 2 is 1.95 bits per heavy atom. The van der Waals surface area contributed by atoms with Crippen LogP contribution in [0.5, 0.6) is 0 Å². The molecule has 0 aliphatic carbocycles. The second-order valence-corrected chi connectivity index (χ2v) is 8.59. The second kappa shape index (κ2) is 6.30. The maximum Gasteiger partial charge on any atom is 0.316 e. The first-order valence-corrected chi connectivity index (χ1v) is 9.84. The van der Waals surface area contributed by atoms with E-state index in [1.807, 2.05) is 42.5 Å². The molecule has 0 N–H and O–H groups in total. The molecular weight excluding hydrogens is 320 g/mol. The summed E-state index contributed by atoms with van der Waals surface area (Å²) < 4.78 is 27.9. The summed E-state index contributed by atoms with van der Waals surface area (Å²) in [6.45, 7) is 0. The normalized spacial score (nSPS) is 20.1. The predicted molar refractivity (Wildman–Crippen MR) is 87.8 cm³/mol. The minimum atomic E-state index is -3.02.